The summed E-state index contributed by atoms with van der Waals surface area (Å²) >= 11 is 0. The normalized spacial score (nSPS) is 17.3. The lowest BCUT2D eigenvalue weighted by Gasteiger charge is -2.36. The van der Waals surface area contributed by atoms with E-state index in [1.54, 1.807) is 24.4 Å². The van der Waals surface area contributed by atoms with Crippen LogP contribution in [0.5, 0.6) is 0 Å². The molecule has 0 atom stereocenters. The van der Waals surface area contributed by atoms with Crippen LogP contribution in [-0.4, -0.2) is 82.2 Å². The number of rotatable bonds is 4. The number of anilines is 1. The Morgan fingerprint density at radius 2 is 1.47 bits per heavy atom. The van der Waals surface area contributed by atoms with Crippen LogP contribution in [0.25, 0.3) is 11.7 Å². The molecule has 0 radical (unpaired) electrons. The Labute approximate surface area is 207 Å². The number of urea groups is 1. The molecule has 2 fully saturated rings. The lowest BCUT2D eigenvalue weighted by atomic mass is 10.1. The monoisotopic (exact) mass is 486 g/mol. The van der Waals surface area contributed by atoms with Crippen molar-refractivity contribution in [1.29, 1.82) is 0 Å². The number of pyridine rings is 1. The molecule has 10 nitrogen and oxygen atoms in total. The molecule has 4 amide bonds. The summed E-state index contributed by atoms with van der Waals surface area (Å²) in [5.74, 6) is -1.08. The molecule has 36 heavy (non-hydrogen) atoms. The number of amides is 4. The van der Waals surface area contributed by atoms with E-state index in [0.717, 1.165) is 29.4 Å². The van der Waals surface area contributed by atoms with Crippen molar-refractivity contribution in [2.75, 3.05) is 45.2 Å². The predicted molar refractivity (Wildman–Crippen MR) is 134 cm³/mol. The molecule has 1 aromatic carbocycles. The second-order valence-electron chi connectivity index (χ2n) is 8.90. The molecule has 2 aliphatic heterocycles. The van der Waals surface area contributed by atoms with Gasteiger partial charge in [-0.3, -0.25) is 33.5 Å². The van der Waals surface area contributed by atoms with Crippen molar-refractivity contribution in [1.82, 2.24) is 24.1 Å². The number of fused-ring (bicyclic) bond motifs is 1. The highest BCUT2D eigenvalue weighted by atomic mass is 16.2. The standard InChI is InChI=1S/C26H26N6O4/c1-28-23(33)20(24(34)29(2)26(28)36)16-19-22(27-21-10-6-7-11-32(21)25(19)35)31-14-12-30(13-15-31)17-18-8-4-3-5-9-18/h3-11,16H,12-15,17H2,1-2H3. The Kier molecular flexibility index (Phi) is 6.11. The molecule has 0 N–H and O–H groups in total. The number of aromatic nitrogens is 2. The molecule has 2 aromatic heterocycles. The van der Waals surface area contributed by atoms with E-state index in [0.29, 0.717) is 24.6 Å². The predicted octanol–water partition coefficient (Wildman–Crippen LogP) is 1.45. The largest absolute Gasteiger partial charge is 0.353 e. The first-order valence-electron chi connectivity index (χ1n) is 11.7. The third-order valence-electron chi connectivity index (χ3n) is 6.60. The van der Waals surface area contributed by atoms with E-state index in [-0.39, 0.29) is 11.1 Å². The van der Waals surface area contributed by atoms with Crippen LogP contribution in [0.15, 0.2) is 65.1 Å². The van der Waals surface area contributed by atoms with Gasteiger partial charge in [-0.1, -0.05) is 36.4 Å². The Hall–Kier alpha value is -4.31. The molecular weight excluding hydrogens is 460 g/mol. The summed E-state index contributed by atoms with van der Waals surface area (Å²) in [6, 6.07) is 14.8. The minimum absolute atomic E-state index is 0.142. The Morgan fingerprint density at radius 1 is 0.833 bits per heavy atom. The van der Waals surface area contributed by atoms with Gasteiger partial charge in [0.25, 0.3) is 17.4 Å². The van der Waals surface area contributed by atoms with Gasteiger partial charge in [0.05, 0.1) is 5.56 Å². The van der Waals surface area contributed by atoms with Gasteiger partial charge < -0.3 is 4.90 Å². The summed E-state index contributed by atoms with van der Waals surface area (Å²) in [6.45, 7) is 3.60. The van der Waals surface area contributed by atoms with Gasteiger partial charge in [-0.15, -0.1) is 0 Å². The van der Waals surface area contributed by atoms with E-state index in [1.807, 2.05) is 23.1 Å². The first kappa shape index (κ1) is 23.4. The summed E-state index contributed by atoms with van der Waals surface area (Å²) in [6.07, 6.45) is 2.88. The molecule has 0 unspecified atom stereocenters. The van der Waals surface area contributed by atoms with E-state index < -0.39 is 23.4 Å². The number of likely N-dealkylation sites (N-methyl/N-ethyl adjacent to an activating group) is 2. The zero-order valence-corrected chi connectivity index (χ0v) is 20.1. The van der Waals surface area contributed by atoms with E-state index in [1.165, 1.54) is 30.1 Å². The number of hydrogen-bond acceptors (Lipinski definition) is 7. The Balaban J connectivity index is 1.52. The zero-order chi connectivity index (χ0) is 25.4. The number of piperazine rings is 1. The summed E-state index contributed by atoms with van der Waals surface area (Å²) < 4.78 is 1.39. The molecule has 3 aromatic rings. The third-order valence-corrected chi connectivity index (χ3v) is 6.60. The van der Waals surface area contributed by atoms with E-state index >= 15 is 0 Å². The lowest BCUT2D eigenvalue weighted by Crippen LogP contribution is -2.53. The van der Waals surface area contributed by atoms with Crippen LogP contribution in [0.4, 0.5) is 10.6 Å². The maximum atomic E-state index is 13.5. The van der Waals surface area contributed by atoms with Gasteiger partial charge in [0.15, 0.2) is 0 Å². The smallest absolute Gasteiger partial charge is 0.333 e. The van der Waals surface area contributed by atoms with Gasteiger partial charge in [0, 0.05) is 53.0 Å². The van der Waals surface area contributed by atoms with Gasteiger partial charge in [-0.2, -0.15) is 0 Å². The SMILES string of the molecule is CN1C(=O)C(=Cc2c(N3CCN(Cc4ccccc4)CC3)nc3ccccn3c2=O)C(=O)N(C)C1=O. The first-order valence-corrected chi connectivity index (χ1v) is 11.7. The second-order valence-corrected chi connectivity index (χ2v) is 8.90. The first-order chi connectivity index (χ1) is 17.3. The van der Waals surface area contributed by atoms with Gasteiger partial charge in [-0.05, 0) is 23.8 Å². The van der Waals surface area contributed by atoms with Gasteiger partial charge >= 0.3 is 6.03 Å². The minimum atomic E-state index is -0.751. The number of nitrogens with zero attached hydrogens (tertiary/aromatic N) is 6. The molecule has 0 saturated carbocycles. The van der Waals surface area contributed by atoms with Crippen LogP contribution < -0.4 is 10.5 Å². The van der Waals surface area contributed by atoms with Crippen LogP contribution >= 0.6 is 0 Å². The number of carbonyl (C=O) groups excluding carboxylic acids is 3. The molecule has 2 saturated heterocycles. The highest BCUT2D eigenvalue weighted by molar-refractivity contribution is 6.30. The average Bonchev–Trinajstić information content (AvgIpc) is 2.91. The van der Waals surface area contributed by atoms with Gasteiger partial charge in [0.1, 0.15) is 17.0 Å². The molecular formula is C26H26N6O4. The van der Waals surface area contributed by atoms with Crippen molar-refractivity contribution in [3.8, 4) is 0 Å². The number of imide groups is 2. The van der Waals surface area contributed by atoms with Crippen molar-refractivity contribution in [2.24, 2.45) is 0 Å². The maximum absolute atomic E-state index is 13.5. The quantitative estimate of drug-likeness (QED) is 0.407. The summed E-state index contributed by atoms with van der Waals surface area (Å²) in [4.78, 5) is 62.1. The van der Waals surface area contributed by atoms with E-state index in [2.05, 4.69) is 17.0 Å². The molecule has 0 aliphatic carbocycles. The molecule has 0 spiro atoms. The van der Waals surface area contributed by atoms with Crippen LogP contribution in [-0.2, 0) is 16.1 Å². The van der Waals surface area contributed by atoms with E-state index in [4.69, 9.17) is 4.98 Å². The van der Waals surface area contributed by atoms with E-state index in [9.17, 15) is 19.2 Å². The topological polar surface area (TPSA) is 98.5 Å². The molecule has 2 aliphatic rings. The van der Waals surface area contributed by atoms with Gasteiger partial charge in [-0.25, -0.2) is 9.78 Å². The summed E-state index contributed by atoms with van der Waals surface area (Å²) in [5.41, 5.74) is 1.20. The maximum Gasteiger partial charge on any atom is 0.333 e. The average molecular weight is 487 g/mol. The van der Waals surface area contributed by atoms with Crippen molar-refractivity contribution >= 4 is 35.4 Å². The molecule has 10 heteroatoms. The Morgan fingerprint density at radius 3 is 2.14 bits per heavy atom. The summed E-state index contributed by atoms with van der Waals surface area (Å²) in [5, 5.41) is 0. The molecule has 4 heterocycles. The zero-order valence-electron chi connectivity index (χ0n) is 20.1. The highest BCUT2D eigenvalue weighted by Crippen LogP contribution is 2.24. The number of benzene rings is 1. The van der Waals surface area contributed by atoms with Crippen LogP contribution in [0, 0.1) is 0 Å². The molecule has 0 bridgehead atoms. The number of barbiturate groups is 1. The highest BCUT2D eigenvalue weighted by Gasteiger charge is 2.38. The minimum Gasteiger partial charge on any atom is -0.353 e. The number of hydrogen-bond donors (Lipinski definition) is 0. The fraction of sp³-hybridized carbons (Fsp3) is 0.269. The van der Waals surface area contributed by atoms with Crippen molar-refractivity contribution < 1.29 is 14.4 Å². The molecule has 184 valence electrons. The Bertz CT molecular complexity index is 1410. The van der Waals surface area contributed by atoms with Crippen molar-refractivity contribution in [2.45, 2.75) is 6.54 Å². The fourth-order valence-electron chi connectivity index (χ4n) is 4.54. The lowest BCUT2D eigenvalue weighted by molar-refractivity contribution is -0.134. The molecule has 5 rings (SSSR count). The summed E-state index contributed by atoms with van der Waals surface area (Å²) in [7, 11) is 2.61. The van der Waals surface area contributed by atoms with Crippen LogP contribution in [0.1, 0.15) is 11.1 Å². The fourth-order valence-corrected chi connectivity index (χ4v) is 4.54. The third kappa shape index (κ3) is 4.16. The van der Waals surface area contributed by atoms with Gasteiger partial charge in [0.2, 0.25) is 0 Å². The second kappa shape index (κ2) is 9.38. The van der Waals surface area contributed by atoms with Crippen LogP contribution in [0.2, 0.25) is 0 Å². The van der Waals surface area contributed by atoms with Crippen molar-refractivity contribution in [3.05, 3.63) is 81.8 Å². The van der Waals surface area contributed by atoms with Crippen molar-refractivity contribution in [3.63, 3.8) is 0 Å². The van der Waals surface area contributed by atoms with Crippen LogP contribution in [0.3, 0.4) is 0 Å². The number of carbonyl (C=O) groups is 3.